The van der Waals surface area contributed by atoms with Crippen LogP contribution in [0.4, 0.5) is 0 Å². The van der Waals surface area contributed by atoms with Crippen molar-refractivity contribution < 1.29 is 9.53 Å². The number of rotatable bonds is 7. The Bertz CT molecular complexity index is 794. The van der Waals surface area contributed by atoms with Gasteiger partial charge in [-0.05, 0) is 30.2 Å². The van der Waals surface area contributed by atoms with Crippen molar-refractivity contribution in [1.29, 1.82) is 0 Å². The second-order valence-electron chi connectivity index (χ2n) is 5.93. The summed E-state index contributed by atoms with van der Waals surface area (Å²) in [5.74, 6) is 0.563. The Labute approximate surface area is 147 Å². The predicted octanol–water partition coefficient (Wildman–Crippen LogP) is 2.94. The molecule has 0 atom stereocenters. The van der Waals surface area contributed by atoms with Gasteiger partial charge in [-0.1, -0.05) is 42.0 Å². The summed E-state index contributed by atoms with van der Waals surface area (Å²) in [6, 6.07) is 15.8. The lowest BCUT2D eigenvalue weighted by molar-refractivity contribution is -0.123. The molecule has 0 radical (unpaired) electrons. The number of amides is 1. The average molecular weight is 335 g/mol. The predicted molar refractivity (Wildman–Crippen MR) is 96.3 cm³/mol. The van der Waals surface area contributed by atoms with Gasteiger partial charge in [-0.25, -0.2) is 4.98 Å². The summed E-state index contributed by atoms with van der Waals surface area (Å²) in [5, 5.41) is 2.87. The van der Waals surface area contributed by atoms with Crippen LogP contribution in [0.3, 0.4) is 0 Å². The monoisotopic (exact) mass is 335 g/mol. The lowest BCUT2D eigenvalue weighted by Gasteiger charge is -2.09. The van der Waals surface area contributed by atoms with Crippen molar-refractivity contribution in [3.8, 4) is 5.75 Å². The maximum atomic E-state index is 11.9. The molecule has 0 fully saturated rings. The number of carbonyl (C=O) groups is 1. The zero-order valence-electron chi connectivity index (χ0n) is 14.2. The maximum absolute atomic E-state index is 11.9. The van der Waals surface area contributed by atoms with Crippen LogP contribution in [-0.4, -0.2) is 22.1 Å². The van der Waals surface area contributed by atoms with Crippen molar-refractivity contribution in [3.63, 3.8) is 0 Å². The van der Waals surface area contributed by atoms with Gasteiger partial charge in [0.15, 0.2) is 6.61 Å². The van der Waals surface area contributed by atoms with E-state index < -0.39 is 0 Å². The van der Waals surface area contributed by atoms with Crippen LogP contribution in [0.2, 0.25) is 0 Å². The molecular formula is C20H21N3O2. The summed E-state index contributed by atoms with van der Waals surface area (Å²) in [6.45, 7) is 3.30. The normalized spacial score (nSPS) is 10.4. The number of imidazole rings is 1. The molecule has 1 N–H and O–H groups in total. The fraction of sp³-hybridized carbons (Fsp3) is 0.200. The number of nitrogens with one attached hydrogen (secondary N) is 1. The third-order valence-corrected chi connectivity index (χ3v) is 3.83. The van der Waals surface area contributed by atoms with E-state index in [9.17, 15) is 4.79 Å². The Balaban J connectivity index is 1.43. The van der Waals surface area contributed by atoms with Crippen LogP contribution in [-0.2, 0) is 17.9 Å². The standard InChI is InChI=1S/C20H21N3O2/c1-16-2-8-19(9-3-16)25-14-20(24)22-12-17-4-6-18(7-5-17)13-23-11-10-21-15-23/h2-11,15H,12-14H2,1H3,(H,22,24). The Hall–Kier alpha value is -3.08. The molecule has 0 aliphatic heterocycles. The molecule has 5 heteroatoms. The average Bonchev–Trinajstić information content (AvgIpc) is 3.14. The molecule has 25 heavy (non-hydrogen) atoms. The summed E-state index contributed by atoms with van der Waals surface area (Å²) < 4.78 is 7.48. The Morgan fingerprint density at radius 3 is 2.48 bits per heavy atom. The second-order valence-corrected chi connectivity index (χ2v) is 5.93. The van der Waals surface area contributed by atoms with E-state index in [0.29, 0.717) is 12.3 Å². The minimum atomic E-state index is -0.136. The molecule has 1 aromatic heterocycles. The summed E-state index contributed by atoms with van der Waals surface area (Å²) in [4.78, 5) is 15.9. The van der Waals surface area contributed by atoms with Crippen LogP contribution in [0, 0.1) is 6.92 Å². The number of aryl methyl sites for hydroxylation is 1. The van der Waals surface area contributed by atoms with E-state index in [1.165, 1.54) is 5.56 Å². The van der Waals surface area contributed by atoms with Gasteiger partial charge >= 0.3 is 0 Å². The van der Waals surface area contributed by atoms with E-state index in [2.05, 4.69) is 22.4 Å². The summed E-state index contributed by atoms with van der Waals surface area (Å²) in [5.41, 5.74) is 3.40. The summed E-state index contributed by atoms with van der Waals surface area (Å²) >= 11 is 0. The molecule has 1 heterocycles. The Morgan fingerprint density at radius 2 is 1.80 bits per heavy atom. The topological polar surface area (TPSA) is 56.1 Å². The molecule has 2 aromatic carbocycles. The second kappa shape index (κ2) is 8.15. The van der Waals surface area contributed by atoms with Crippen molar-refractivity contribution in [2.24, 2.45) is 0 Å². The number of aromatic nitrogens is 2. The highest BCUT2D eigenvalue weighted by Crippen LogP contribution is 2.11. The molecule has 0 aliphatic rings. The minimum absolute atomic E-state index is 0.0156. The van der Waals surface area contributed by atoms with Gasteiger partial charge < -0.3 is 14.6 Å². The smallest absolute Gasteiger partial charge is 0.258 e. The van der Waals surface area contributed by atoms with Crippen LogP contribution in [0.5, 0.6) is 5.75 Å². The van der Waals surface area contributed by atoms with Crippen molar-refractivity contribution in [2.45, 2.75) is 20.0 Å². The number of nitrogens with zero attached hydrogens (tertiary/aromatic N) is 2. The molecule has 0 saturated carbocycles. The van der Waals surface area contributed by atoms with Gasteiger partial charge in [0.2, 0.25) is 0 Å². The molecule has 3 rings (SSSR count). The van der Waals surface area contributed by atoms with E-state index in [4.69, 9.17) is 4.74 Å². The fourth-order valence-electron chi connectivity index (χ4n) is 2.39. The molecule has 0 bridgehead atoms. The zero-order valence-corrected chi connectivity index (χ0v) is 14.2. The number of benzene rings is 2. The molecule has 5 nitrogen and oxygen atoms in total. The third-order valence-electron chi connectivity index (χ3n) is 3.83. The molecule has 3 aromatic rings. The minimum Gasteiger partial charge on any atom is -0.484 e. The quantitative estimate of drug-likeness (QED) is 0.722. The highest BCUT2D eigenvalue weighted by Gasteiger charge is 2.03. The third kappa shape index (κ3) is 5.21. The van der Waals surface area contributed by atoms with Gasteiger partial charge in [0.1, 0.15) is 5.75 Å². The van der Waals surface area contributed by atoms with Crippen LogP contribution in [0.1, 0.15) is 16.7 Å². The van der Waals surface area contributed by atoms with Crippen LogP contribution >= 0.6 is 0 Å². The fourth-order valence-corrected chi connectivity index (χ4v) is 2.39. The summed E-state index contributed by atoms with van der Waals surface area (Å²) in [7, 11) is 0. The van der Waals surface area contributed by atoms with Crippen molar-refractivity contribution in [3.05, 3.63) is 83.9 Å². The van der Waals surface area contributed by atoms with Gasteiger partial charge in [-0.15, -0.1) is 0 Å². The van der Waals surface area contributed by atoms with Gasteiger partial charge in [0, 0.05) is 25.5 Å². The molecule has 128 valence electrons. The van der Waals surface area contributed by atoms with Crippen molar-refractivity contribution in [2.75, 3.05) is 6.61 Å². The highest BCUT2D eigenvalue weighted by atomic mass is 16.5. The maximum Gasteiger partial charge on any atom is 0.258 e. The van der Waals surface area contributed by atoms with Crippen LogP contribution in [0.25, 0.3) is 0 Å². The van der Waals surface area contributed by atoms with Crippen LogP contribution < -0.4 is 10.1 Å². The van der Waals surface area contributed by atoms with Crippen LogP contribution in [0.15, 0.2) is 67.3 Å². The Morgan fingerprint density at radius 1 is 1.08 bits per heavy atom. The molecule has 0 spiro atoms. The number of hydrogen-bond donors (Lipinski definition) is 1. The zero-order chi connectivity index (χ0) is 17.5. The Kier molecular flexibility index (Phi) is 5.46. The first-order valence-corrected chi connectivity index (χ1v) is 8.19. The number of hydrogen-bond acceptors (Lipinski definition) is 3. The van der Waals surface area contributed by atoms with Gasteiger partial charge in [-0.2, -0.15) is 0 Å². The highest BCUT2D eigenvalue weighted by molar-refractivity contribution is 5.77. The molecule has 0 saturated heterocycles. The molecule has 1 amide bonds. The molecular weight excluding hydrogens is 314 g/mol. The van der Waals surface area contributed by atoms with E-state index in [1.54, 1.807) is 12.5 Å². The lowest BCUT2D eigenvalue weighted by atomic mass is 10.1. The van der Waals surface area contributed by atoms with Gasteiger partial charge in [0.05, 0.1) is 6.33 Å². The van der Waals surface area contributed by atoms with Gasteiger partial charge in [-0.3, -0.25) is 4.79 Å². The van der Waals surface area contributed by atoms with E-state index in [1.807, 2.05) is 54.1 Å². The van der Waals surface area contributed by atoms with Crippen molar-refractivity contribution >= 4 is 5.91 Å². The molecule has 0 unspecified atom stereocenters. The van der Waals surface area contributed by atoms with E-state index >= 15 is 0 Å². The first kappa shape index (κ1) is 16.8. The number of carbonyl (C=O) groups excluding carboxylic acids is 1. The van der Waals surface area contributed by atoms with Gasteiger partial charge in [0.25, 0.3) is 5.91 Å². The molecule has 0 aliphatic carbocycles. The van der Waals surface area contributed by atoms with E-state index in [0.717, 1.165) is 17.7 Å². The van der Waals surface area contributed by atoms with Crippen molar-refractivity contribution in [1.82, 2.24) is 14.9 Å². The first-order chi connectivity index (χ1) is 12.2. The number of ether oxygens (including phenoxy) is 1. The first-order valence-electron chi connectivity index (χ1n) is 8.19. The SMILES string of the molecule is Cc1ccc(OCC(=O)NCc2ccc(Cn3ccnc3)cc2)cc1. The summed E-state index contributed by atoms with van der Waals surface area (Å²) in [6.07, 6.45) is 5.49. The largest absolute Gasteiger partial charge is 0.484 e. The van der Waals surface area contributed by atoms with E-state index in [-0.39, 0.29) is 12.5 Å². The lowest BCUT2D eigenvalue weighted by Crippen LogP contribution is -2.28.